The van der Waals surface area contributed by atoms with Gasteiger partial charge in [0.1, 0.15) is 11.5 Å². The first-order valence-electron chi connectivity index (χ1n) is 7.03. The molecule has 0 aliphatic rings. The summed E-state index contributed by atoms with van der Waals surface area (Å²) in [5.74, 6) is 1.32. The summed E-state index contributed by atoms with van der Waals surface area (Å²) in [6.45, 7) is 4.85. The van der Waals surface area contributed by atoms with Gasteiger partial charge in [0.25, 0.3) is 0 Å². The maximum atomic E-state index is 12.1. The number of benzene rings is 1. The van der Waals surface area contributed by atoms with Crippen LogP contribution in [0.15, 0.2) is 22.5 Å². The molecule has 0 aliphatic carbocycles. The van der Waals surface area contributed by atoms with Gasteiger partial charge in [-0.25, -0.2) is 0 Å². The fraction of sp³-hybridized carbons (Fsp3) is 0.357. The van der Waals surface area contributed by atoms with E-state index in [0.717, 1.165) is 0 Å². The third kappa shape index (κ3) is 5.29. The van der Waals surface area contributed by atoms with E-state index in [-0.39, 0.29) is 11.7 Å². The molecule has 23 heavy (non-hydrogen) atoms. The topological polar surface area (TPSA) is 99.4 Å². The minimum absolute atomic E-state index is 0.168. The van der Waals surface area contributed by atoms with Gasteiger partial charge in [0, 0.05) is 6.07 Å². The maximum Gasteiger partial charge on any atom is 0.234 e. The molecular formula is C14H18N4O3S2. The van der Waals surface area contributed by atoms with Crippen molar-refractivity contribution in [2.75, 3.05) is 30.0 Å². The number of nitrogens with zero attached hydrogens (tertiary/aromatic N) is 2. The van der Waals surface area contributed by atoms with Crippen LogP contribution in [0.1, 0.15) is 13.8 Å². The van der Waals surface area contributed by atoms with Gasteiger partial charge in [0.15, 0.2) is 4.34 Å². The first kappa shape index (κ1) is 17.4. The molecule has 0 spiro atoms. The van der Waals surface area contributed by atoms with E-state index in [4.69, 9.17) is 15.2 Å². The highest BCUT2D eigenvalue weighted by Gasteiger charge is 2.11. The van der Waals surface area contributed by atoms with Crippen molar-refractivity contribution in [3.8, 4) is 11.5 Å². The molecule has 1 amide bonds. The monoisotopic (exact) mass is 354 g/mol. The Morgan fingerprint density at radius 1 is 1.30 bits per heavy atom. The summed E-state index contributed by atoms with van der Waals surface area (Å²) in [4.78, 5) is 12.1. The number of nitrogens with two attached hydrogens (primary N) is 1. The van der Waals surface area contributed by atoms with Crippen molar-refractivity contribution in [2.45, 2.75) is 18.2 Å². The predicted molar refractivity (Wildman–Crippen MR) is 92.5 cm³/mol. The van der Waals surface area contributed by atoms with Crippen molar-refractivity contribution < 1.29 is 14.3 Å². The highest BCUT2D eigenvalue weighted by atomic mass is 32.2. The number of rotatable bonds is 8. The lowest BCUT2D eigenvalue weighted by atomic mass is 10.2. The number of nitrogen functional groups attached to an aromatic ring is 1. The van der Waals surface area contributed by atoms with E-state index in [1.165, 1.54) is 23.1 Å². The van der Waals surface area contributed by atoms with Gasteiger partial charge in [-0.1, -0.05) is 23.1 Å². The van der Waals surface area contributed by atoms with Crippen molar-refractivity contribution in [2.24, 2.45) is 0 Å². The molecule has 0 radical (unpaired) electrons. The molecule has 0 saturated carbocycles. The minimum Gasteiger partial charge on any atom is -0.494 e. The normalized spacial score (nSPS) is 10.3. The minimum atomic E-state index is -0.168. The lowest BCUT2D eigenvalue weighted by molar-refractivity contribution is -0.113. The van der Waals surface area contributed by atoms with Crippen LogP contribution < -0.4 is 20.5 Å². The van der Waals surface area contributed by atoms with Gasteiger partial charge in [-0.2, -0.15) is 0 Å². The van der Waals surface area contributed by atoms with Crippen molar-refractivity contribution >= 4 is 39.8 Å². The van der Waals surface area contributed by atoms with Gasteiger partial charge in [-0.3, -0.25) is 4.79 Å². The van der Waals surface area contributed by atoms with Gasteiger partial charge >= 0.3 is 0 Å². The molecule has 7 nitrogen and oxygen atoms in total. The zero-order chi connectivity index (χ0) is 16.7. The van der Waals surface area contributed by atoms with Gasteiger partial charge in [-0.15, -0.1) is 10.2 Å². The van der Waals surface area contributed by atoms with Crippen LogP contribution >= 0.6 is 23.1 Å². The Bertz CT molecular complexity index is 663. The zero-order valence-electron chi connectivity index (χ0n) is 12.9. The van der Waals surface area contributed by atoms with E-state index in [0.29, 0.717) is 39.9 Å². The molecule has 1 aromatic carbocycles. The van der Waals surface area contributed by atoms with Crippen molar-refractivity contribution in [1.82, 2.24) is 10.2 Å². The summed E-state index contributed by atoms with van der Waals surface area (Å²) in [7, 11) is 0. The van der Waals surface area contributed by atoms with E-state index >= 15 is 0 Å². The van der Waals surface area contributed by atoms with Crippen LogP contribution in [0.5, 0.6) is 11.5 Å². The largest absolute Gasteiger partial charge is 0.494 e. The molecule has 9 heteroatoms. The summed E-state index contributed by atoms with van der Waals surface area (Å²) in [6.07, 6.45) is 0. The smallest absolute Gasteiger partial charge is 0.234 e. The Balaban J connectivity index is 2.01. The first-order valence-corrected chi connectivity index (χ1v) is 8.83. The second-order valence-electron chi connectivity index (χ2n) is 4.27. The van der Waals surface area contributed by atoms with Crippen LogP contribution in [0, 0.1) is 0 Å². The van der Waals surface area contributed by atoms with Crippen LogP contribution in [0.3, 0.4) is 0 Å². The zero-order valence-corrected chi connectivity index (χ0v) is 14.5. The fourth-order valence-corrected chi connectivity index (χ4v) is 3.17. The predicted octanol–water partition coefficient (Wildman–Crippen LogP) is 2.65. The van der Waals surface area contributed by atoms with Crippen molar-refractivity contribution in [1.29, 1.82) is 0 Å². The lowest BCUT2D eigenvalue weighted by Gasteiger charge is -2.13. The molecule has 0 bridgehead atoms. The third-order valence-electron chi connectivity index (χ3n) is 2.58. The Kier molecular flexibility index (Phi) is 6.48. The van der Waals surface area contributed by atoms with Gasteiger partial charge < -0.3 is 20.5 Å². The first-order chi connectivity index (χ1) is 11.1. The number of hydrogen-bond donors (Lipinski definition) is 2. The second-order valence-corrected chi connectivity index (χ2v) is 6.50. The van der Waals surface area contributed by atoms with Crippen molar-refractivity contribution in [3.05, 3.63) is 18.2 Å². The fourth-order valence-electron chi connectivity index (χ4n) is 1.74. The summed E-state index contributed by atoms with van der Waals surface area (Å²) in [5, 5.41) is 10.8. The van der Waals surface area contributed by atoms with Gasteiger partial charge in [-0.05, 0) is 26.0 Å². The molecule has 3 N–H and O–H groups in total. The van der Waals surface area contributed by atoms with E-state index in [1.54, 1.807) is 12.1 Å². The van der Waals surface area contributed by atoms with Crippen molar-refractivity contribution in [3.63, 3.8) is 0 Å². The molecule has 2 rings (SSSR count). The number of thioether (sulfide) groups is 1. The molecule has 0 aliphatic heterocycles. The van der Waals surface area contributed by atoms with E-state index in [9.17, 15) is 4.79 Å². The quantitative estimate of drug-likeness (QED) is 0.703. The number of carbonyl (C=O) groups is 1. The Labute approximate surface area is 142 Å². The van der Waals surface area contributed by atoms with Crippen LogP contribution in [0.25, 0.3) is 0 Å². The van der Waals surface area contributed by atoms with Crippen LogP contribution in [-0.4, -0.2) is 35.1 Å². The number of anilines is 2. The average Bonchev–Trinajstić information content (AvgIpc) is 2.94. The Hall–Kier alpha value is -2.00. The van der Waals surface area contributed by atoms with Crippen LogP contribution in [0.2, 0.25) is 0 Å². The highest BCUT2D eigenvalue weighted by molar-refractivity contribution is 8.01. The summed E-state index contributed by atoms with van der Waals surface area (Å²) in [6, 6.07) is 5.34. The standard InChI is InChI=1S/C14H18N4O3S2/c1-3-20-9-5-6-11(21-4-2)10(7-9)16-12(19)8-22-14-18-17-13(15)23-14/h5-7H,3-4,8H2,1-2H3,(H2,15,17)(H,16,19). The van der Waals surface area contributed by atoms with Gasteiger partial charge in [0.2, 0.25) is 11.0 Å². The third-order valence-corrected chi connectivity index (χ3v) is 4.47. The number of amides is 1. The molecule has 2 aromatic rings. The molecule has 1 aromatic heterocycles. The maximum absolute atomic E-state index is 12.1. The van der Waals surface area contributed by atoms with Crippen LogP contribution in [0.4, 0.5) is 10.8 Å². The summed E-state index contributed by atoms with van der Waals surface area (Å²) in [5.41, 5.74) is 6.09. The second kappa shape index (κ2) is 8.59. The molecule has 124 valence electrons. The molecule has 0 saturated heterocycles. The highest BCUT2D eigenvalue weighted by Crippen LogP contribution is 2.30. The molecule has 0 atom stereocenters. The Morgan fingerprint density at radius 2 is 2.09 bits per heavy atom. The summed E-state index contributed by atoms with van der Waals surface area (Å²) >= 11 is 2.53. The molecule has 1 heterocycles. The van der Waals surface area contributed by atoms with E-state index in [1.807, 2.05) is 19.9 Å². The number of aromatic nitrogens is 2. The average molecular weight is 354 g/mol. The van der Waals surface area contributed by atoms with Gasteiger partial charge in [0.05, 0.1) is 24.7 Å². The molecular weight excluding hydrogens is 336 g/mol. The number of ether oxygens (including phenoxy) is 2. The van der Waals surface area contributed by atoms with Crippen LogP contribution in [-0.2, 0) is 4.79 Å². The lowest BCUT2D eigenvalue weighted by Crippen LogP contribution is -2.15. The van der Waals surface area contributed by atoms with E-state index in [2.05, 4.69) is 15.5 Å². The van der Waals surface area contributed by atoms with E-state index < -0.39 is 0 Å². The SMILES string of the molecule is CCOc1ccc(OCC)c(NC(=O)CSc2nnc(N)s2)c1. The number of carbonyl (C=O) groups excluding carboxylic acids is 1. The number of hydrogen-bond acceptors (Lipinski definition) is 8. The molecule has 0 unspecified atom stereocenters. The Morgan fingerprint density at radius 3 is 2.74 bits per heavy atom. The number of nitrogens with one attached hydrogen (secondary N) is 1. The summed E-state index contributed by atoms with van der Waals surface area (Å²) < 4.78 is 11.6. The molecule has 0 fully saturated rings.